The first kappa shape index (κ1) is 112. The van der Waals surface area contributed by atoms with E-state index >= 15 is 0 Å². The van der Waals surface area contributed by atoms with Gasteiger partial charge in [-0.3, -0.25) is 38.4 Å². The van der Waals surface area contributed by atoms with Gasteiger partial charge in [0.05, 0.1) is 95.1 Å². The zero-order chi connectivity index (χ0) is 103. The van der Waals surface area contributed by atoms with E-state index in [2.05, 4.69) is 38.1 Å². The predicted octanol–water partition coefficient (Wildman–Crippen LogP) is 25.7. The van der Waals surface area contributed by atoms with Crippen molar-refractivity contribution in [3.05, 3.63) is 395 Å². The largest absolute Gasteiger partial charge is 0.497 e. The van der Waals surface area contributed by atoms with Crippen molar-refractivity contribution in [1.29, 1.82) is 0 Å². The molecule has 0 aromatic heterocycles. The smallest absolute Gasteiger partial charge is 0.206 e. The molecule has 0 radical (unpaired) electrons. The van der Waals surface area contributed by atoms with Crippen LogP contribution in [0.3, 0.4) is 0 Å². The predicted molar refractivity (Wildman–Crippen MR) is 554 cm³/mol. The van der Waals surface area contributed by atoms with Crippen LogP contribution in [0, 0.1) is 0 Å². The fraction of sp³-hybridized carbons (Fsp3) is 0.197. The third-order valence-electron chi connectivity index (χ3n) is 21.4. The number of sulfone groups is 1. The van der Waals surface area contributed by atoms with Crippen molar-refractivity contribution in [1.82, 2.24) is 0 Å². The van der Waals surface area contributed by atoms with Gasteiger partial charge >= 0.3 is 0 Å². The van der Waals surface area contributed by atoms with Gasteiger partial charge in [-0.05, 0) is 293 Å². The Labute approximate surface area is 821 Å². The molecule has 0 aliphatic rings. The Morgan fingerprint density at radius 3 is 0.614 bits per heavy atom. The average molecular weight is 1910 g/mol. The number of ketones is 8. The fourth-order valence-corrected chi connectivity index (χ4v) is 14.1. The molecule has 15 aromatic carbocycles. The normalized spacial score (nSPS) is 10.1. The van der Waals surface area contributed by atoms with Crippen molar-refractivity contribution >= 4 is 77.6 Å². The van der Waals surface area contributed by atoms with Gasteiger partial charge in [0.2, 0.25) is 9.84 Å². The van der Waals surface area contributed by atoms with Crippen LogP contribution < -0.4 is 56.8 Å². The van der Waals surface area contributed by atoms with Crippen LogP contribution in [0.2, 0.25) is 0 Å². The van der Waals surface area contributed by atoms with E-state index in [9.17, 15) is 46.8 Å². The Balaban J connectivity index is 0.000000240. The molecule has 15 rings (SSSR count). The number of Topliss-reactive ketones (excluding diaryl/α,β-unsaturated/α-hetero) is 8. The molecule has 0 amide bonds. The molecule has 15 aromatic rings. The lowest BCUT2D eigenvalue weighted by atomic mass is 9.78. The maximum atomic E-state index is 12.4. The second-order valence-electron chi connectivity index (χ2n) is 31.2. The monoisotopic (exact) mass is 1910 g/mol. The van der Waals surface area contributed by atoms with E-state index in [4.69, 9.17) is 56.8 Å². The lowest BCUT2D eigenvalue weighted by Gasteiger charge is -2.26. The van der Waals surface area contributed by atoms with E-state index in [0.29, 0.717) is 50.4 Å². The van der Waals surface area contributed by atoms with E-state index in [1.807, 2.05) is 182 Å². The van der Waals surface area contributed by atoms with Crippen LogP contribution in [0.5, 0.6) is 69.0 Å². The molecule has 0 unspecified atom stereocenters. The van der Waals surface area contributed by atoms with Crippen molar-refractivity contribution in [3.8, 4) is 80.1 Å². The number of methoxy groups -OCH3 is 12. The Hall–Kier alpha value is -16.3. The SMILES string of the molecule is CC(=O)c1ccc(C(C)=O)cc1.CC(=O)c1ccc2cc(C(C)=O)ccc2c1.CC(=O)c1cccc(C(C)=O)c1.COc1ccc(-c2ccc(OC)cc2)cc1.COc1ccc(C(C)(C)c2ccc(OC)cc2)cc1.COc1ccc(C(C)=O)cc1.COc1ccc(OC)cc1.COc1ccc(S(=O)(=O)c2ccc(OC)cc2)cc1.COc1ccc2cc(C(C)=O)ccc2c1.COc1cccc(OC)c1. The molecule has 0 aliphatic heterocycles. The summed E-state index contributed by atoms with van der Waals surface area (Å²) in [7, 11) is 16.1. The van der Waals surface area contributed by atoms with Crippen LogP contribution in [-0.2, 0) is 15.3 Å². The molecule has 0 N–H and O–H groups in total. The molecular weight excluding hydrogens is 1790 g/mol. The summed E-state index contributed by atoms with van der Waals surface area (Å²) in [6.45, 7) is 16.6. The third kappa shape index (κ3) is 36.1. The maximum Gasteiger partial charge on any atom is 0.206 e. The molecule has 0 aliphatic carbocycles. The molecule has 23 heteroatoms. The van der Waals surface area contributed by atoms with Gasteiger partial charge in [-0.2, -0.15) is 0 Å². The van der Waals surface area contributed by atoms with E-state index in [-0.39, 0.29) is 61.5 Å². The van der Waals surface area contributed by atoms with E-state index in [1.165, 1.54) is 88.4 Å². The summed E-state index contributed by atoms with van der Waals surface area (Å²) in [4.78, 5) is 88.4. The number of fused-ring (bicyclic) bond motifs is 2. The minimum absolute atomic E-state index is 0.0156. The van der Waals surface area contributed by atoms with Crippen LogP contribution in [0.15, 0.2) is 350 Å². The highest BCUT2D eigenvalue weighted by molar-refractivity contribution is 7.91. The summed E-state index contributed by atoms with van der Waals surface area (Å²) in [6, 6.07) is 103. The molecule has 0 fully saturated rings. The van der Waals surface area contributed by atoms with Gasteiger partial charge in [-0.1, -0.05) is 153 Å². The highest BCUT2D eigenvalue weighted by Gasteiger charge is 2.24. The first-order valence-corrected chi connectivity index (χ1v) is 45.4. The molecule has 140 heavy (non-hydrogen) atoms. The quantitative estimate of drug-likeness (QED) is 0.0480. The number of carbonyl (C=O) groups excluding carboxylic acids is 8. The number of rotatable bonds is 25. The zero-order valence-corrected chi connectivity index (χ0v) is 84.0. The summed E-state index contributed by atoms with van der Waals surface area (Å²) in [5.41, 5.74) is 10.1. The standard InChI is InChI=1S/C17H20O2.C14H14O4S.C14H14O2.C14H12O2.C13H12O2.2C10H10O2.C9H10O2.2C8H10O2/c1-17(2,13-5-9-15(18-3)10-6-13)14-7-11-16(19-4)12-8-14;1-17-11-3-7-13(8-4-11)19(15,16)14-9-5-12(18-2)6-10-14;1-15-13-7-3-11(4-8-13)12-5-9-14(16-2)10-6-12;1-9(15)11-3-5-14-8-12(10(2)16)4-6-13(14)7-11;1-9(14)10-3-4-12-8-13(15-2)6-5-11(12)7-10;1-7(11)9-3-5-10(6-4-9)8(2)12;1-7(11)9-4-3-5-10(6-9)8(2)12;1-7(10)8-3-5-9(11-2)6-4-8;1-9-7-3-5-8(10-2)6-4-7;1-9-7-4-3-5-8(6-7)10-2/h5-12H,1-4H3;3-10H,1-2H3;3-10H,1-2H3;3-8H,1-2H3;3-8H,1-2H3;2*3-6H,1-2H3;3-6H,1-2H3;2*3-6H,1-2H3. The van der Waals surface area contributed by atoms with Gasteiger partial charge in [-0.25, -0.2) is 8.42 Å². The van der Waals surface area contributed by atoms with Gasteiger partial charge < -0.3 is 56.8 Å². The number of hydrogen-bond donors (Lipinski definition) is 0. The highest BCUT2D eigenvalue weighted by atomic mass is 32.2. The molecule has 0 atom stereocenters. The van der Waals surface area contributed by atoms with Crippen LogP contribution >= 0.6 is 0 Å². The topological polar surface area (TPSA) is 281 Å². The van der Waals surface area contributed by atoms with Crippen LogP contribution in [-0.4, -0.2) is 140 Å². The summed E-state index contributed by atoms with van der Waals surface area (Å²) in [6.07, 6.45) is 0. The Kier molecular flexibility index (Phi) is 46.3. The molecule has 0 saturated carbocycles. The van der Waals surface area contributed by atoms with Gasteiger partial charge in [0.15, 0.2) is 46.3 Å². The Morgan fingerprint density at radius 1 is 0.186 bits per heavy atom. The summed E-state index contributed by atoms with van der Waals surface area (Å²) < 4.78 is 85.3. The summed E-state index contributed by atoms with van der Waals surface area (Å²) in [5.74, 6) is 9.97. The number of carbonyl (C=O) groups is 8. The average Bonchev–Trinajstić information content (AvgIpc) is 0.809. The van der Waals surface area contributed by atoms with Crippen molar-refractivity contribution < 1.29 is 104 Å². The molecule has 22 nitrogen and oxygen atoms in total. The Morgan fingerprint density at radius 2 is 0.364 bits per heavy atom. The minimum atomic E-state index is -3.50. The van der Waals surface area contributed by atoms with Crippen LogP contribution in [0.4, 0.5) is 0 Å². The highest BCUT2D eigenvalue weighted by Crippen LogP contribution is 2.35. The molecule has 0 heterocycles. The van der Waals surface area contributed by atoms with Crippen LogP contribution in [0.25, 0.3) is 32.7 Å². The summed E-state index contributed by atoms with van der Waals surface area (Å²) in [5, 5.41) is 4.11. The van der Waals surface area contributed by atoms with Gasteiger partial charge in [0.1, 0.15) is 69.0 Å². The first-order valence-electron chi connectivity index (χ1n) is 44.0. The van der Waals surface area contributed by atoms with Crippen molar-refractivity contribution in [2.75, 3.05) is 85.3 Å². The maximum absolute atomic E-state index is 12.4. The Bertz CT molecular complexity index is 6310. The second kappa shape index (κ2) is 57.6. The first-order chi connectivity index (χ1) is 66.9. The van der Waals surface area contributed by atoms with Gasteiger partial charge in [0.25, 0.3) is 0 Å². The van der Waals surface area contributed by atoms with E-state index in [0.717, 1.165) is 84.6 Å². The molecule has 0 saturated heterocycles. The van der Waals surface area contributed by atoms with Gasteiger partial charge in [-0.15, -0.1) is 0 Å². The van der Waals surface area contributed by atoms with E-state index in [1.54, 1.807) is 208 Å². The molecule has 0 bridgehead atoms. The van der Waals surface area contributed by atoms with Crippen molar-refractivity contribution in [2.45, 2.75) is 84.4 Å². The van der Waals surface area contributed by atoms with Crippen molar-refractivity contribution in [3.63, 3.8) is 0 Å². The number of ether oxygens (including phenoxy) is 12. The third-order valence-corrected chi connectivity index (χ3v) is 23.2. The number of hydrogen-bond acceptors (Lipinski definition) is 22. The van der Waals surface area contributed by atoms with Crippen LogP contribution in [0.1, 0.15) is 163 Å². The number of benzene rings is 15. The molecular formula is C117H122O22S. The van der Waals surface area contributed by atoms with E-state index < -0.39 is 9.84 Å². The lowest BCUT2D eigenvalue weighted by Crippen LogP contribution is -2.18. The second-order valence-corrected chi connectivity index (χ2v) is 33.1. The molecule has 728 valence electrons. The lowest BCUT2D eigenvalue weighted by molar-refractivity contribution is 0.1000. The fourth-order valence-electron chi connectivity index (χ4n) is 12.8. The molecule has 0 spiro atoms. The minimum Gasteiger partial charge on any atom is -0.497 e. The summed E-state index contributed by atoms with van der Waals surface area (Å²) >= 11 is 0. The van der Waals surface area contributed by atoms with Gasteiger partial charge in [0, 0.05) is 56.0 Å². The van der Waals surface area contributed by atoms with Crippen molar-refractivity contribution in [2.24, 2.45) is 0 Å². The zero-order valence-electron chi connectivity index (χ0n) is 83.2.